The van der Waals surface area contributed by atoms with Crippen LogP contribution in [0, 0.1) is 0 Å². The van der Waals surface area contributed by atoms with Gasteiger partial charge in [-0.3, -0.25) is 0 Å². The molecule has 2 aromatic carbocycles. The van der Waals surface area contributed by atoms with Gasteiger partial charge in [0.15, 0.2) is 0 Å². The van der Waals surface area contributed by atoms with E-state index in [0.717, 1.165) is 11.8 Å². The number of benzene rings is 2. The highest BCUT2D eigenvalue weighted by atomic mass is 35.5. The van der Waals surface area contributed by atoms with Crippen LogP contribution in [0.3, 0.4) is 0 Å². The van der Waals surface area contributed by atoms with Crippen molar-refractivity contribution in [3.05, 3.63) is 69.3 Å². The number of aliphatic imine (C=N–C) groups is 1. The zero-order valence-corrected chi connectivity index (χ0v) is 18.2. The molecule has 0 radical (unpaired) electrons. The van der Waals surface area contributed by atoms with E-state index in [2.05, 4.69) is 4.99 Å². The van der Waals surface area contributed by atoms with Gasteiger partial charge in [0.05, 0.1) is 36.4 Å². The van der Waals surface area contributed by atoms with Crippen LogP contribution in [-0.2, 0) is 9.53 Å². The maximum absolute atomic E-state index is 12.5. The first-order chi connectivity index (χ1) is 14.5. The third-order valence-electron chi connectivity index (χ3n) is 4.15. The number of para-hydroxylation sites is 1. The lowest BCUT2D eigenvalue weighted by Gasteiger charge is -2.10. The Balaban J connectivity index is 2.09. The van der Waals surface area contributed by atoms with Crippen LogP contribution < -0.4 is 9.47 Å². The van der Waals surface area contributed by atoms with Crippen LogP contribution in [0.4, 0.5) is 5.69 Å². The number of carbonyl (C=O) groups excluding carboxylic acids is 1. The molecule has 0 fully saturated rings. The van der Waals surface area contributed by atoms with E-state index in [0.29, 0.717) is 37.7 Å². The summed E-state index contributed by atoms with van der Waals surface area (Å²) in [5.41, 5.74) is 1.29. The van der Waals surface area contributed by atoms with E-state index in [1.165, 1.54) is 14.2 Å². The third-order valence-corrected chi connectivity index (χ3v) is 5.46. The van der Waals surface area contributed by atoms with Gasteiger partial charge in [0, 0.05) is 11.6 Å². The summed E-state index contributed by atoms with van der Waals surface area (Å²) < 4.78 is 15.7. The Morgan fingerprint density at radius 1 is 1.17 bits per heavy atom. The SMILES string of the molecule is CCOC(=O)C1=C(O)/C(=C/c2cc(Cl)c(OC)cc2OC)SC1=Nc1ccccc1. The van der Waals surface area contributed by atoms with Gasteiger partial charge in [0.1, 0.15) is 27.9 Å². The molecule has 0 spiro atoms. The first-order valence-electron chi connectivity index (χ1n) is 9.04. The lowest BCUT2D eigenvalue weighted by atomic mass is 10.1. The van der Waals surface area contributed by atoms with Crippen molar-refractivity contribution in [1.82, 2.24) is 0 Å². The van der Waals surface area contributed by atoms with E-state index >= 15 is 0 Å². The molecule has 0 saturated heterocycles. The summed E-state index contributed by atoms with van der Waals surface area (Å²) in [5, 5.41) is 11.5. The zero-order valence-electron chi connectivity index (χ0n) is 16.6. The molecule has 6 nitrogen and oxygen atoms in total. The fourth-order valence-corrected chi connectivity index (χ4v) is 4.02. The molecule has 0 amide bonds. The number of methoxy groups -OCH3 is 2. The topological polar surface area (TPSA) is 77.4 Å². The third kappa shape index (κ3) is 4.63. The summed E-state index contributed by atoms with van der Waals surface area (Å²) in [4.78, 5) is 17.4. The number of halogens is 1. The molecule has 30 heavy (non-hydrogen) atoms. The lowest BCUT2D eigenvalue weighted by molar-refractivity contribution is -0.138. The van der Waals surface area contributed by atoms with Crippen molar-refractivity contribution in [1.29, 1.82) is 0 Å². The van der Waals surface area contributed by atoms with Crippen molar-refractivity contribution in [3.63, 3.8) is 0 Å². The molecule has 1 aliphatic heterocycles. The standard InChI is InChI=1S/C22H20ClNO5S/c1-4-29-22(26)19-20(25)18(30-21(19)24-14-8-6-5-7-9-14)11-13-10-15(23)17(28-3)12-16(13)27-2/h5-12,25H,4H2,1-3H3/b18-11-,24-21?. The number of nitrogens with zero attached hydrogens (tertiary/aromatic N) is 1. The number of rotatable bonds is 6. The maximum Gasteiger partial charge on any atom is 0.344 e. The summed E-state index contributed by atoms with van der Waals surface area (Å²) in [6.45, 7) is 1.88. The van der Waals surface area contributed by atoms with Crippen LogP contribution >= 0.6 is 23.4 Å². The number of thioether (sulfide) groups is 1. The molecule has 0 aliphatic carbocycles. The molecular formula is C22H20ClNO5S. The Labute approximate surface area is 183 Å². The second kappa shape index (κ2) is 9.73. The summed E-state index contributed by atoms with van der Waals surface area (Å²) in [5.74, 6) is 0.124. The molecule has 0 bridgehead atoms. The minimum atomic E-state index is -0.639. The normalized spacial score (nSPS) is 16.3. The first-order valence-corrected chi connectivity index (χ1v) is 10.2. The number of carbonyl (C=O) groups is 1. The second-order valence-electron chi connectivity index (χ2n) is 6.04. The minimum Gasteiger partial charge on any atom is -0.506 e. The highest BCUT2D eigenvalue weighted by molar-refractivity contribution is 8.18. The van der Waals surface area contributed by atoms with E-state index in [1.54, 1.807) is 37.3 Å². The number of hydrogen-bond donors (Lipinski definition) is 1. The largest absolute Gasteiger partial charge is 0.506 e. The van der Waals surface area contributed by atoms with Crippen LogP contribution in [0.5, 0.6) is 11.5 Å². The molecule has 1 N–H and O–H groups in total. The molecule has 0 aromatic heterocycles. The Kier molecular flexibility index (Phi) is 7.07. The zero-order chi connectivity index (χ0) is 21.7. The van der Waals surface area contributed by atoms with Crippen molar-refractivity contribution >= 4 is 46.1 Å². The number of ether oxygens (including phenoxy) is 3. The van der Waals surface area contributed by atoms with Crippen LogP contribution in [0.25, 0.3) is 6.08 Å². The summed E-state index contributed by atoms with van der Waals surface area (Å²) in [6.07, 6.45) is 1.68. The van der Waals surface area contributed by atoms with Gasteiger partial charge in [-0.2, -0.15) is 0 Å². The Hall–Kier alpha value is -2.90. The molecule has 0 saturated carbocycles. The van der Waals surface area contributed by atoms with Crippen LogP contribution in [-0.4, -0.2) is 36.9 Å². The Bertz CT molecular complexity index is 1050. The number of hydrogen-bond acceptors (Lipinski definition) is 7. The summed E-state index contributed by atoms with van der Waals surface area (Å²) in [6, 6.07) is 12.5. The van der Waals surface area contributed by atoms with Gasteiger partial charge in [-0.25, -0.2) is 9.79 Å². The predicted octanol–water partition coefficient (Wildman–Crippen LogP) is 5.55. The summed E-state index contributed by atoms with van der Waals surface area (Å²) in [7, 11) is 3.03. The molecule has 1 aliphatic rings. The van der Waals surface area contributed by atoms with Crippen molar-refractivity contribution in [2.75, 3.05) is 20.8 Å². The van der Waals surface area contributed by atoms with E-state index in [9.17, 15) is 9.90 Å². The maximum atomic E-state index is 12.5. The Morgan fingerprint density at radius 2 is 1.87 bits per heavy atom. The second-order valence-corrected chi connectivity index (χ2v) is 7.47. The number of aliphatic hydroxyl groups is 1. The van der Waals surface area contributed by atoms with E-state index < -0.39 is 5.97 Å². The van der Waals surface area contributed by atoms with Crippen molar-refractivity contribution < 1.29 is 24.1 Å². The molecule has 0 atom stereocenters. The highest BCUT2D eigenvalue weighted by Gasteiger charge is 2.33. The van der Waals surface area contributed by atoms with E-state index in [-0.39, 0.29) is 17.9 Å². The fourth-order valence-electron chi connectivity index (χ4n) is 2.75. The van der Waals surface area contributed by atoms with Gasteiger partial charge < -0.3 is 19.3 Å². The first kappa shape index (κ1) is 21.8. The minimum absolute atomic E-state index is 0.0236. The lowest BCUT2D eigenvalue weighted by Crippen LogP contribution is -2.12. The number of esters is 1. The molecule has 1 heterocycles. The average Bonchev–Trinajstić information content (AvgIpc) is 3.04. The van der Waals surface area contributed by atoms with Gasteiger partial charge in [0.2, 0.25) is 0 Å². The fraction of sp³-hybridized carbons (Fsp3) is 0.182. The van der Waals surface area contributed by atoms with Gasteiger partial charge in [-0.15, -0.1) is 0 Å². The highest BCUT2D eigenvalue weighted by Crippen LogP contribution is 2.42. The van der Waals surface area contributed by atoms with E-state index in [1.807, 2.05) is 18.2 Å². The predicted molar refractivity (Wildman–Crippen MR) is 120 cm³/mol. The smallest absolute Gasteiger partial charge is 0.344 e. The van der Waals surface area contributed by atoms with Crippen LogP contribution in [0.15, 0.2) is 63.7 Å². The van der Waals surface area contributed by atoms with Gasteiger partial charge in [-0.1, -0.05) is 41.6 Å². The quantitative estimate of drug-likeness (QED) is 0.587. The van der Waals surface area contributed by atoms with Crippen LogP contribution in [0.1, 0.15) is 12.5 Å². The molecule has 0 unspecified atom stereocenters. The van der Waals surface area contributed by atoms with Crippen molar-refractivity contribution in [2.45, 2.75) is 6.92 Å². The van der Waals surface area contributed by atoms with Gasteiger partial charge >= 0.3 is 5.97 Å². The van der Waals surface area contributed by atoms with Crippen molar-refractivity contribution in [3.8, 4) is 11.5 Å². The molecular weight excluding hydrogens is 426 g/mol. The van der Waals surface area contributed by atoms with Gasteiger partial charge in [0.25, 0.3) is 0 Å². The Morgan fingerprint density at radius 3 is 2.50 bits per heavy atom. The monoisotopic (exact) mass is 445 g/mol. The molecule has 2 aromatic rings. The van der Waals surface area contributed by atoms with Gasteiger partial charge in [-0.05, 0) is 31.2 Å². The average molecular weight is 446 g/mol. The van der Waals surface area contributed by atoms with Crippen molar-refractivity contribution in [2.24, 2.45) is 4.99 Å². The van der Waals surface area contributed by atoms with Crippen LogP contribution in [0.2, 0.25) is 5.02 Å². The molecule has 156 valence electrons. The summed E-state index contributed by atoms with van der Waals surface area (Å²) >= 11 is 7.41. The number of aliphatic hydroxyl groups excluding tert-OH is 1. The molecule has 8 heteroatoms. The van der Waals surface area contributed by atoms with E-state index in [4.69, 9.17) is 25.8 Å². The molecule has 3 rings (SSSR count).